The van der Waals surface area contributed by atoms with Crippen molar-refractivity contribution < 1.29 is 0 Å². The van der Waals surface area contributed by atoms with Crippen LogP contribution in [0, 0.1) is 6.92 Å². The molecule has 0 fully saturated rings. The molecule has 0 saturated carbocycles. The Bertz CT molecular complexity index is 563. The molecule has 0 N–H and O–H groups in total. The van der Waals surface area contributed by atoms with Gasteiger partial charge in [0.1, 0.15) is 0 Å². The van der Waals surface area contributed by atoms with Gasteiger partial charge in [-0.3, -0.25) is 0 Å². The zero-order valence-electron chi connectivity index (χ0n) is 9.05. The summed E-state index contributed by atoms with van der Waals surface area (Å²) < 4.78 is 0. The van der Waals surface area contributed by atoms with Gasteiger partial charge in [0.05, 0.1) is 0 Å². The first-order chi connectivity index (χ1) is 7.18. The van der Waals surface area contributed by atoms with Crippen molar-refractivity contribution in [3.63, 3.8) is 0 Å². The van der Waals surface area contributed by atoms with Gasteiger partial charge in [0, 0.05) is 31.3 Å². The molecule has 76 valence electrons. The van der Waals surface area contributed by atoms with Gasteiger partial charge in [0.2, 0.25) is 0 Å². The number of hydrogen-bond acceptors (Lipinski definition) is 2. The molecule has 2 heteroatoms. The van der Waals surface area contributed by atoms with Gasteiger partial charge < -0.3 is 0 Å². The highest BCUT2D eigenvalue weighted by atomic mass is 32.1. The molecule has 0 unspecified atom stereocenters. The van der Waals surface area contributed by atoms with Crippen LogP contribution in [0.15, 0.2) is 23.1 Å². The van der Waals surface area contributed by atoms with E-state index in [1.807, 2.05) is 22.7 Å². The van der Waals surface area contributed by atoms with Crippen LogP contribution in [0.2, 0.25) is 0 Å². The van der Waals surface area contributed by atoms with Crippen molar-refractivity contribution in [3.05, 3.63) is 37.7 Å². The van der Waals surface area contributed by atoms with E-state index in [1.165, 1.54) is 36.9 Å². The first-order valence-electron chi connectivity index (χ1n) is 5.05. The van der Waals surface area contributed by atoms with E-state index in [1.54, 1.807) is 0 Å². The zero-order valence-corrected chi connectivity index (χ0v) is 10.7. The third kappa shape index (κ3) is 1.18. The van der Waals surface area contributed by atoms with Gasteiger partial charge in [-0.25, -0.2) is 0 Å². The van der Waals surface area contributed by atoms with Crippen LogP contribution >= 0.6 is 22.7 Å². The number of hydrogen-bond donors (Lipinski definition) is 0. The summed E-state index contributed by atoms with van der Waals surface area (Å²) in [5.41, 5.74) is 5.80. The van der Waals surface area contributed by atoms with Crippen LogP contribution in [0.1, 0.15) is 28.5 Å². The van der Waals surface area contributed by atoms with Crippen LogP contribution in [0.4, 0.5) is 0 Å². The summed E-state index contributed by atoms with van der Waals surface area (Å²) in [6.07, 6.45) is 0. The maximum absolute atomic E-state index is 2.32. The van der Waals surface area contributed by atoms with Gasteiger partial charge in [0.15, 0.2) is 0 Å². The SMILES string of the molecule is CC(C)=C1c2sccc2-c2cc(C)sc21. The lowest BCUT2D eigenvalue weighted by molar-refractivity contribution is 1.41. The molecule has 2 aromatic heterocycles. The second-order valence-corrected chi connectivity index (χ2v) is 6.31. The second kappa shape index (κ2) is 3.06. The third-order valence-corrected chi connectivity index (χ3v) is 4.76. The predicted octanol–water partition coefficient (Wildman–Crippen LogP) is 4.94. The Hall–Kier alpha value is -0.860. The number of fused-ring (bicyclic) bond motifs is 3. The summed E-state index contributed by atoms with van der Waals surface area (Å²) >= 11 is 3.79. The minimum atomic E-state index is 1.41. The summed E-state index contributed by atoms with van der Waals surface area (Å²) in [6.45, 7) is 6.61. The van der Waals surface area contributed by atoms with E-state index >= 15 is 0 Å². The molecule has 0 aromatic carbocycles. The van der Waals surface area contributed by atoms with E-state index < -0.39 is 0 Å². The molecule has 0 saturated heterocycles. The van der Waals surface area contributed by atoms with E-state index in [9.17, 15) is 0 Å². The number of thiophene rings is 2. The van der Waals surface area contributed by atoms with Crippen LogP contribution in [-0.4, -0.2) is 0 Å². The predicted molar refractivity (Wildman–Crippen MR) is 69.7 cm³/mol. The van der Waals surface area contributed by atoms with Crippen molar-refractivity contribution in [3.8, 4) is 11.1 Å². The summed E-state index contributed by atoms with van der Waals surface area (Å²) in [4.78, 5) is 4.36. The fourth-order valence-electron chi connectivity index (χ4n) is 2.17. The quantitative estimate of drug-likeness (QED) is 0.515. The Labute approximate surface area is 97.9 Å². The van der Waals surface area contributed by atoms with E-state index in [-0.39, 0.29) is 0 Å². The monoisotopic (exact) mass is 232 g/mol. The summed E-state index contributed by atoms with van der Waals surface area (Å²) in [7, 11) is 0. The van der Waals surface area contributed by atoms with Crippen molar-refractivity contribution in [2.24, 2.45) is 0 Å². The van der Waals surface area contributed by atoms with Gasteiger partial charge >= 0.3 is 0 Å². The molecule has 0 nitrogen and oxygen atoms in total. The smallest absolute Gasteiger partial charge is 0.0438 e. The Kier molecular flexibility index (Phi) is 1.91. The summed E-state index contributed by atoms with van der Waals surface area (Å²) in [5, 5.41) is 2.20. The van der Waals surface area contributed by atoms with Crippen molar-refractivity contribution in [1.82, 2.24) is 0 Å². The van der Waals surface area contributed by atoms with Crippen LogP contribution in [0.5, 0.6) is 0 Å². The summed E-state index contributed by atoms with van der Waals surface area (Å²) in [6, 6.07) is 4.57. The molecule has 0 atom stereocenters. The average molecular weight is 232 g/mol. The van der Waals surface area contributed by atoms with Gasteiger partial charge in [-0.15, -0.1) is 22.7 Å². The highest BCUT2D eigenvalue weighted by Gasteiger charge is 2.27. The molecule has 0 amide bonds. The lowest BCUT2D eigenvalue weighted by Gasteiger charge is -2.00. The van der Waals surface area contributed by atoms with E-state index in [2.05, 4.69) is 38.3 Å². The van der Waals surface area contributed by atoms with E-state index in [0.717, 1.165) is 0 Å². The lowest BCUT2D eigenvalue weighted by atomic mass is 10.1. The molecule has 0 radical (unpaired) electrons. The molecular formula is C13H12S2. The fraction of sp³-hybridized carbons (Fsp3) is 0.231. The van der Waals surface area contributed by atoms with E-state index in [0.29, 0.717) is 0 Å². The molecule has 15 heavy (non-hydrogen) atoms. The highest BCUT2D eigenvalue weighted by Crippen LogP contribution is 2.51. The minimum Gasteiger partial charge on any atom is -0.143 e. The second-order valence-electron chi connectivity index (χ2n) is 4.14. The van der Waals surface area contributed by atoms with E-state index in [4.69, 9.17) is 0 Å². The Morgan fingerprint density at radius 3 is 2.67 bits per heavy atom. The molecule has 3 rings (SSSR count). The molecule has 0 spiro atoms. The van der Waals surface area contributed by atoms with Gasteiger partial charge in [0.25, 0.3) is 0 Å². The Morgan fingerprint density at radius 1 is 1.13 bits per heavy atom. The molecule has 2 aromatic rings. The van der Waals surface area contributed by atoms with Gasteiger partial charge in [-0.2, -0.15) is 0 Å². The fourth-order valence-corrected chi connectivity index (χ4v) is 4.49. The molecule has 0 bridgehead atoms. The third-order valence-electron chi connectivity index (χ3n) is 2.76. The first-order valence-corrected chi connectivity index (χ1v) is 6.74. The van der Waals surface area contributed by atoms with Crippen molar-refractivity contribution in [2.45, 2.75) is 20.8 Å². The molecular weight excluding hydrogens is 220 g/mol. The normalized spacial score (nSPS) is 12.9. The average Bonchev–Trinajstić information content (AvgIpc) is 2.74. The van der Waals surface area contributed by atoms with Gasteiger partial charge in [-0.05, 0) is 38.3 Å². The topological polar surface area (TPSA) is 0 Å². The van der Waals surface area contributed by atoms with Crippen molar-refractivity contribution >= 4 is 28.2 Å². The number of aryl methyl sites for hydroxylation is 1. The molecule has 1 aliphatic carbocycles. The largest absolute Gasteiger partial charge is 0.143 e. The maximum Gasteiger partial charge on any atom is 0.0438 e. The zero-order chi connectivity index (χ0) is 10.6. The first kappa shape index (κ1) is 9.37. The Balaban J connectivity index is 2.42. The minimum absolute atomic E-state index is 1.41. The molecule has 1 aliphatic rings. The number of rotatable bonds is 0. The van der Waals surface area contributed by atoms with Crippen LogP contribution in [0.25, 0.3) is 16.7 Å². The van der Waals surface area contributed by atoms with Crippen LogP contribution in [-0.2, 0) is 0 Å². The lowest BCUT2D eigenvalue weighted by Crippen LogP contribution is -1.77. The summed E-state index contributed by atoms with van der Waals surface area (Å²) in [5.74, 6) is 0. The van der Waals surface area contributed by atoms with Crippen LogP contribution < -0.4 is 0 Å². The van der Waals surface area contributed by atoms with Gasteiger partial charge in [-0.1, -0.05) is 5.57 Å². The standard InChI is InChI=1S/C13H12S2/c1-7(2)11-12-9(4-5-14-12)10-6-8(3)15-13(10)11/h4-6H,1-3H3. The van der Waals surface area contributed by atoms with Crippen molar-refractivity contribution in [1.29, 1.82) is 0 Å². The van der Waals surface area contributed by atoms with Crippen LogP contribution in [0.3, 0.4) is 0 Å². The molecule has 0 aliphatic heterocycles. The highest BCUT2D eigenvalue weighted by molar-refractivity contribution is 7.16. The molecule has 2 heterocycles. The Morgan fingerprint density at radius 2 is 1.93 bits per heavy atom. The van der Waals surface area contributed by atoms with Crippen molar-refractivity contribution in [2.75, 3.05) is 0 Å². The maximum atomic E-state index is 2.32. The number of allylic oxidation sites excluding steroid dienone is 1.